The molecular formula is C15H26N2O2. The van der Waals surface area contributed by atoms with Crippen molar-refractivity contribution in [1.82, 2.24) is 10.2 Å². The minimum absolute atomic E-state index is 0.109. The maximum absolute atomic E-state index is 12.2. The first-order valence-electron chi connectivity index (χ1n) is 7.67. The second-order valence-electron chi connectivity index (χ2n) is 7.39. The van der Waals surface area contributed by atoms with E-state index >= 15 is 0 Å². The summed E-state index contributed by atoms with van der Waals surface area (Å²) in [6, 6.07) is 1.14. The van der Waals surface area contributed by atoms with Gasteiger partial charge in [0.2, 0.25) is 0 Å². The number of rotatable bonds is 2. The highest BCUT2D eigenvalue weighted by Gasteiger charge is 2.54. The van der Waals surface area contributed by atoms with Crippen LogP contribution in [0.15, 0.2) is 0 Å². The summed E-state index contributed by atoms with van der Waals surface area (Å²) in [6.45, 7) is 7.89. The van der Waals surface area contributed by atoms with Crippen molar-refractivity contribution in [2.24, 2.45) is 11.8 Å². The molecule has 4 nitrogen and oxygen atoms in total. The zero-order chi connectivity index (χ0) is 13.6. The fraction of sp³-hybridized carbons (Fsp3) is 0.933. The average molecular weight is 266 g/mol. The fourth-order valence-electron chi connectivity index (χ4n) is 3.90. The van der Waals surface area contributed by atoms with Gasteiger partial charge >= 0.3 is 6.09 Å². The number of ether oxygens (including phenoxy) is 1. The fourth-order valence-corrected chi connectivity index (χ4v) is 3.90. The van der Waals surface area contributed by atoms with Gasteiger partial charge in [0.25, 0.3) is 0 Å². The molecule has 0 aromatic carbocycles. The molecule has 4 heteroatoms. The number of hydrogen-bond donors (Lipinski definition) is 1. The molecule has 0 aromatic rings. The van der Waals surface area contributed by atoms with E-state index in [1.54, 1.807) is 0 Å². The molecule has 4 rings (SSSR count). The molecule has 1 N–H and O–H groups in total. The molecule has 19 heavy (non-hydrogen) atoms. The van der Waals surface area contributed by atoms with E-state index in [0.29, 0.717) is 18.0 Å². The van der Waals surface area contributed by atoms with Crippen LogP contribution in [0.2, 0.25) is 0 Å². The van der Waals surface area contributed by atoms with Gasteiger partial charge in [-0.05, 0) is 64.8 Å². The van der Waals surface area contributed by atoms with Gasteiger partial charge in [0.15, 0.2) is 0 Å². The highest BCUT2D eigenvalue weighted by molar-refractivity contribution is 5.69. The number of fused-ring (bicyclic) bond motifs is 1. The number of nitrogens with one attached hydrogen (secondary N) is 1. The van der Waals surface area contributed by atoms with Crippen molar-refractivity contribution < 1.29 is 9.53 Å². The van der Waals surface area contributed by atoms with E-state index in [9.17, 15) is 4.79 Å². The van der Waals surface area contributed by atoms with Crippen LogP contribution in [-0.4, -0.2) is 41.8 Å². The quantitative estimate of drug-likeness (QED) is 0.834. The highest BCUT2D eigenvalue weighted by atomic mass is 16.6. The number of amides is 1. The van der Waals surface area contributed by atoms with Crippen LogP contribution >= 0.6 is 0 Å². The molecule has 0 spiro atoms. The lowest BCUT2D eigenvalue weighted by Gasteiger charge is -2.38. The maximum Gasteiger partial charge on any atom is 0.410 e. The number of carbonyl (C=O) groups is 1. The van der Waals surface area contributed by atoms with Crippen molar-refractivity contribution in [3.63, 3.8) is 0 Å². The average Bonchev–Trinajstić information content (AvgIpc) is 2.98. The van der Waals surface area contributed by atoms with E-state index in [1.807, 2.05) is 25.7 Å². The van der Waals surface area contributed by atoms with E-state index in [-0.39, 0.29) is 11.7 Å². The Balaban J connectivity index is 1.55. The summed E-state index contributed by atoms with van der Waals surface area (Å²) in [4.78, 5) is 14.2. The van der Waals surface area contributed by atoms with Gasteiger partial charge in [-0.25, -0.2) is 4.79 Å². The van der Waals surface area contributed by atoms with Crippen molar-refractivity contribution in [1.29, 1.82) is 0 Å². The molecule has 3 saturated heterocycles. The van der Waals surface area contributed by atoms with Crippen molar-refractivity contribution in [3.05, 3.63) is 0 Å². The standard InChI is InChI=1S/C15H26N2O2/c1-15(2,3)19-14(18)17-9-10-7-13(17)12(10)8-11-5-4-6-16-11/h10-13,16H,4-9H2,1-3H3/t10-,11?,12?,13-/m0/s1. The first-order chi connectivity index (χ1) is 8.94. The number of hydrogen-bond acceptors (Lipinski definition) is 3. The molecule has 108 valence electrons. The van der Waals surface area contributed by atoms with Gasteiger partial charge in [0.1, 0.15) is 5.60 Å². The third kappa shape index (κ3) is 2.60. The van der Waals surface area contributed by atoms with Gasteiger partial charge in [0, 0.05) is 18.6 Å². The van der Waals surface area contributed by atoms with Gasteiger partial charge < -0.3 is 15.0 Å². The van der Waals surface area contributed by atoms with Crippen LogP contribution in [0.4, 0.5) is 4.79 Å². The van der Waals surface area contributed by atoms with Crippen LogP contribution in [-0.2, 0) is 4.74 Å². The molecule has 3 aliphatic heterocycles. The smallest absolute Gasteiger partial charge is 0.410 e. The largest absolute Gasteiger partial charge is 0.444 e. The van der Waals surface area contributed by atoms with E-state index in [1.165, 1.54) is 32.2 Å². The summed E-state index contributed by atoms with van der Waals surface area (Å²) in [7, 11) is 0. The Morgan fingerprint density at radius 1 is 1.42 bits per heavy atom. The minimum atomic E-state index is -0.382. The predicted octanol–water partition coefficient (Wildman–Crippen LogP) is 2.38. The first-order valence-corrected chi connectivity index (χ1v) is 7.67. The number of carbonyl (C=O) groups excluding carboxylic acids is 1. The van der Waals surface area contributed by atoms with Gasteiger partial charge in [-0.3, -0.25) is 0 Å². The van der Waals surface area contributed by atoms with Crippen molar-refractivity contribution in [3.8, 4) is 0 Å². The van der Waals surface area contributed by atoms with E-state index in [2.05, 4.69) is 5.32 Å². The Labute approximate surface area is 115 Å². The lowest BCUT2D eigenvalue weighted by molar-refractivity contribution is 0.0192. The van der Waals surface area contributed by atoms with Gasteiger partial charge in [-0.1, -0.05) is 0 Å². The Morgan fingerprint density at radius 3 is 2.84 bits per heavy atom. The molecule has 4 aliphatic rings. The summed E-state index contributed by atoms with van der Waals surface area (Å²) in [6.07, 6.45) is 4.94. The lowest BCUT2D eigenvalue weighted by atomic mass is 9.70. The second-order valence-corrected chi connectivity index (χ2v) is 7.39. The van der Waals surface area contributed by atoms with Gasteiger partial charge in [-0.15, -0.1) is 0 Å². The summed E-state index contributed by atoms with van der Waals surface area (Å²) in [5.74, 6) is 1.43. The minimum Gasteiger partial charge on any atom is -0.444 e. The summed E-state index contributed by atoms with van der Waals surface area (Å²) in [5.41, 5.74) is -0.382. The molecular weight excluding hydrogens is 240 g/mol. The maximum atomic E-state index is 12.2. The SMILES string of the molecule is CC(C)(C)OC(=O)N1C[C@@H]2C[C@H]1C2CC1CCCN1. The molecule has 2 bridgehead atoms. The Bertz CT molecular complexity index is 358. The van der Waals surface area contributed by atoms with Crippen LogP contribution in [0.5, 0.6) is 0 Å². The Hall–Kier alpha value is -0.770. The van der Waals surface area contributed by atoms with E-state index < -0.39 is 0 Å². The molecule has 1 amide bonds. The van der Waals surface area contributed by atoms with Gasteiger partial charge in [0.05, 0.1) is 0 Å². The predicted molar refractivity (Wildman–Crippen MR) is 74.0 cm³/mol. The molecule has 2 unspecified atom stereocenters. The van der Waals surface area contributed by atoms with Crippen molar-refractivity contribution in [2.45, 2.75) is 64.1 Å². The molecule has 1 aliphatic carbocycles. The van der Waals surface area contributed by atoms with Gasteiger partial charge in [-0.2, -0.15) is 0 Å². The normalized spacial score (nSPS) is 37.3. The van der Waals surface area contributed by atoms with Crippen molar-refractivity contribution in [2.75, 3.05) is 13.1 Å². The molecule has 3 heterocycles. The van der Waals surface area contributed by atoms with Crippen LogP contribution in [0.25, 0.3) is 0 Å². The van der Waals surface area contributed by atoms with E-state index in [0.717, 1.165) is 12.5 Å². The van der Waals surface area contributed by atoms with Crippen LogP contribution in [0.3, 0.4) is 0 Å². The zero-order valence-corrected chi connectivity index (χ0v) is 12.3. The van der Waals surface area contributed by atoms with Crippen LogP contribution in [0, 0.1) is 11.8 Å². The van der Waals surface area contributed by atoms with Crippen LogP contribution in [0.1, 0.15) is 46.5 Å². The van der Waals surface area contributed by atoms with Crippen LogP contribution < -0.4 is 5.32 Å². The molecule has 4 atom stereocenters. The molecule has 0 aromatic heterocycles. The first kappa shape index (κ1) is 13.2. The summed E-state index contributed by atoms with van der Waals surface area (Å²) >= 11 is 0. The second kappa shape index (κ2) is 4.65. The number of nitrogens with zero attached hydrogens (tertiary/aromatic N) is 1. The third-order valence-corrected chi connectivity index (χ3v) is 4.82. The highest BCUT2D eigenvalue weighted by Crippen LogP contribution is 2.49. The third-order valence-electron chi connectivity index (χ3n) is 4.82. The molecule has 1 saturated carbocycles. The monoisotopic (exact) mass is 266 g/mol. The summed E-state index contributed by atoms with van der Waals surface area (Å²) < 4.78 is 5.51. The Morgan fingerprint density at radius 2 is 2.21 bits per heavy atom. The lowest BCUT2D eigenvalue weighted by Crippen LogP contribution is -2.45. The molecule has 0 radical (unpaired) electrons. The van der Waals surface area contributed by atoms with E-state index in [4.69, 9.17) is 4.74 Å². The Kier molecular flexibility index (Phi) is 3.24. The zero-order valence-electron chi connectivity index (χ0n) is 12.3. The topological polar surface area (TPSA) is 41.6 Å². The molecule has 4 fully saturated rings. The summed E-state index contributed by atoms with van der Waals surface area (Å²) in [5, 5.41) is 3.57. The van der Waals surface area contributed by atoms with Crippen molar-refractivity contribution >= 4 is 6.09 Å².